The number of nitrogens with zero attached hydrogens (tertiary/aromatic N) is 4. The van der Waals surface area contributed by atoms with Gasteiger partial charge in [0.25, 0.3) is 0 Å². The van der Waals surface area contributed by atoms with Crippen LogP contribution in [0.2, 0.25) is 0 Å². The molecule has 0 aliphatic heterocycles. The molecule has 0 spiro atoms. The van der Waals surface area contributed by atoms with Crippen molar-refractivity contribution >= 4 is 17.1 Å². The van der Waals surface area contributed by atoms with Crippen LogP contribution in [0.1, 0.15) is 23.9 Å². The highest BCUT2D eigenvalue weighted by Crippen LogP contribution is 2.32. The van der Waals surface area contributed by atoms with Gasteiger partial charge in [-0.1, -0.05) is 24.3 Å². The fraction of sp³-hybridized carbons (Fsp3) is 0.158. The topological polar surface area (TPSA) is 69.9 Å². The van der Waals surface area contributed by atoms with Crippen molar-refractivity contribution in [3.05, 3.63) is 77.1 Å². The molecule has 0 radical (unpaired) electrons. The maximum atomic E-state index is 13.4. The van der Waals surface area contributed by atoms with E-state index in [1.54, 1.807) is 14.0 Å². The number of aryl methyl sites for hydroxylation is 1. The highest BCUT2D eigenvalue weighted by Gasteiger charge is 2.26. The molecule has 0 N–H and O–H groups in total. The largest absolute Gasteiger partial charge is 0.462 e. The molecule has 2 aromatic carbocycles. The Morgan fingerprint density at radius 1 is 1.00 bits per heavy atom. The monoisotopic (exact) mass is 370 g/mol. The van der Waals surface area contributed by atoms with Gasteiger partial charge in [-0.2, -0.15) is 0 Å². The molecule has 27 heavy (non-hydrogen) atoms. The Kier molecular flexibility index (Phi) is 5.35. The second-order valence-electron chi connectivity index (χ2n) is 5.61. The van der Waals surface area contributed by atoms with E-state index in [1.807, 2.05) is 0 Å². The third kappa shape index (κ3) is 3.89. The standard InChI is InChI=1S/C19H16F2N4O2/c1-3-27-19(26)17(18-22-23-24-25(18)2)16(12-4-8-14(20)9-5-12)13-6-10-15(21)11-7-13/h4-11H,3H2,1-2H3. The molecule has 0 fully saturated rings. The summed E-state index contributed by atoms with van der Waals surface area (Å²) in [6, 6.07) is 11.2. The zero-order valence-corrected chi connectivity index (χ0v) is 14.7. The third-order valence-electron chi connectivity index (χ3n) is 3.84. The van der Waals surface area contributed by atoms with Gasteiger partial charge < -0.3 is 4.74 Å². The number of aromatic nitrogens is 4. The maximum Gasteiger partial charge on any atom is 0.342 e. The fourth-order valence-corrected chi connectivity index (χ4v) is 2.64. The van der Waals surface area contributed by atoms with Crippen LogP contribution in [-0.4, -0.2) is 32.8 Å². The number of carbonyl (C=O) groups is 1. The Hall–Kier alpha value is -3.42. The van der Waals surface area contributed by atoms with Crippen LogP contribution in [0.4, 0.5) is 8.78 Å². The molecular weight excluding hydrogens is 354 g/mol. The zero-order chi connectivity index (χ0) is 19.4. The Balaban J connectivity index is 2.35. The smallest absolute Gasteiger partial charge is 0.342 e. The van der Waals surface area contributed by atoms with Crippen LogP contribution < -0.4 is 0 Å². The lowest BCUT2D eigenvalue weighted by atomic mass is 9.92. The van der Waals surface area contributed by atoms with Crippen LogP contribution in [0.5, 0.6) is 0 Å². The van der Waals surface area contributed by atoms with Crippen molar-refractivity contribution in [1.82, 2.24) is 20.2 Å². The SMILES string of the molecule is CCOC(=O)C(=C(c1ccc(F)cc1)c1ccc(F)cc1)c1nnnn1C. The molecular formula is C19H16F2N4O2. The number of hydrogen-bond acceptors (Lipinski definition) is 5. The van der Waals surface area contributed by atoms with Crippen LogP contribution in [0.15, 0.2) is 48.5 Å². The molecule has 138 valence electrons. The van der Waals surface area contributed by atoms with Gasteiger partial charge in [-0.25, -0.2) is 18.3 Å². The van der Waals surface area contributed by atoms with Crippen molar-refractivity contribution in [3.8, 4) is 0 Å². The minimum absolute atomic E-state index is 0.0996. The molecule has 3 rings (SSSR count). The van der Waals surface area contributed by atoms with E-state index in [0.29, 0.717) is 16.7 Å². The average molecular weight is 370 g/mol. The van der Waals surface area contributed by atoms with Crippen LogP contribution in [-0.2, 0) is 16.6 Å². The first kappa shape index (κ1) is 18.4. The summed E-state index contributed by atoms with van der Waals surface area (Å²) in [5.74, 6) is -1.30. The van der Waals surface area contributed by atoms with E-state index in [-0.39, 0.29) is 18.0 Å². The van der Waals surface area contributed by atoms with Gasteiger partial charge in [0.05, 0.1) is 6.61 Å². The van der Waals surface area contributed by atoms with E-state index in [0.717, 1.165) is 0 Å². The minimum Gasteiger partial charge on any atom is -0.462 e. The molecule has 0 saturated heterocycles. The van der Waals surface area contributed by atoms with Gasteiger partial charge >= 0.3 is 5.97 Å². The molecule has 0 aliphatic carbocycles. The summed E-state index contributed by atoms with van der Waals surface area (Å²) < 4.78 is 33.4. The van der Waals surface area contributed by atoms with Crippen molar-refractivity contribution < 1.29 is 18.3 Å². The van der Waals surface area contributed by atoms with Gasteiger partial charge in [0.15, 0.2) is 5.82 Å². The van der Waals surface area contributed by atoms with Crippen molar-refractivity contribution in [3.63, 3.8) is 0 Å². The molecule has 1 aromatic heterocycles. The molecule has 8 heteroatoms. The van der Waals surface area contributed by atoms with E-state index in [4.69, 9.17) is 4.74 Å². The first-order valence-corrected chi connectivity index (χ1v) is 8.17. The Morgan fingerprint density at radius 2 is 1.52 bits per heavy atom. The lowest BCUT2D eigenvalue weighted by molar-refractivity contribution is -0.136. The molecule has 0 unspecified atom stereocenters. The summed E-state index contributed by atoms with van der Waals surface area (Å²) in [6.07, 6.45) is 0. The second kappa shape index (κ2) is 7.86. The molecule has 0 bridgehead atoms. The Labute approximate surface area is 154 Å². The average Bonchev–Trinajstić information content (AvgIpc) is 3.07. The van der Waals surface area contributed by atoms with Gasteiger partial charge in [0.2, 0.25) is 0 Å². The first-order chi connectivity index (χ1) is 13.0. The predicted octanol–water partition coefficient (Wildman–Crippen LogP) is 3.01. The number of carbonyl (C=O) groups excluding carboxylic acids is 1. The molecule has 1 heterocycles. The molecule has 0 atom stereocenters. The molecule has 0 aliphatic rings. The van der Waals surface area contributed by atoms with Crippen LogP contribution in [0.25, 0.3) is 11.1 Å². The van der Waals surface area contributed by atoms with E-state index in [1.165, 1.54) is 53.2 Å². The maximum absolute atomic E-state index is 13.4. The van der Waals surface area contributed by atoms with Crippen molar-refractivity contribution in [2.45, 2.75) is 6.92 Å². The highest BCUT2D eigenvalue weighted by atomic mass is 19.1. The van der Waals surface area contributed by atoms with Crippen molar-refractivity contribution in [1.29, 1.82) is 0 Å². The molecule has 0 amide bonds. The van der Waals surface area contributed by atoms with Crippen LogP contribution >= 0.6 is 0 Å². The number of halogens is 2. The number of benzene rings is 2. The lowest BCUT2D eigenvalue weighted by Gasteiger charge is -2.15. The number of hydrogen-bond donors (Lipinski definition) is 0. The van der Waals surface area contributed by atoms with Gasteiger partial charge in [-0.15, -0.1) is 5.10 Å². The van der Waals surface area contributed by atoms with E-state index in [2.05, 4.69) is 15.5 Å². The van der Waals surface area contributed by atoms with Crippen molar-refractivity contribution in [2.24, 2.45) is 7.05 Å². The van der Waals surface area contributed by atoms with Gasteiger partial charge in [-0.3, -0.25) is 0 Å². The normalized spacial score (nSPS) is 10.5. The van der Waals surface area contributed by atoms with Crippen molar-refractivity contribution in [2.75, 3.05) is 6.61 Å². The van der Waals surface area contributed by atoms with Crippen LogP contribution in [0, 0.1) is 11.6 Å². The summed E-state index contributed by atoms with van der Waals surface area (Å²) >= 11 is 0. The molecule has 6 nitrogen and oxygen atoms in total. The lowest BCUT2D eigenvalue weighted by Crippen LogP contribution is -2.14. The molecule has 0 saturated carbocycles. The highest BCUT2D eigenvalue weighted by molar-refractivity contribution is 6.25. The summed E-state index contributed by atoms with van der Waals surface area (Å²) in [5, 5.41) is 11.3. The number of ether oxygens (including phenoxy) is 1. The first-order valence-electron chi connectivity index (χ1n) is 8.17. The van der Waals surface area contributed by atoms with Crippen LogP contribution in [0.3, 0.4) is 0 Å². The Morgan fingerprint density at radius 3 is 1.93 bits per heavy atom. The predicted molar refractivity (Wildman–Crippen MR) is 94.1 cm³/mol. The second-order valence-corrected chi connectivity index (χ2v) is 5.61. The number of tetrazole rings is 1. The van der Waals surface area contributed by atoms with E-state index < -0.39 is 17.6 Å². The summed E-state index contributed by atoms with van der Waals surface area (Å²) in [5.41, 5.74) is 1.58. The minimum atomic E-state index is -0.640. The summed E-state index contributed by atoms with van der Waals surface area (Å²) in [4.78, 5) is 12.8. The van der Waals surface area contributed by atoms with Gasteiger partial charge in [0, 0.05) is 12.6 Å². The fourth-order valence-electron chi connectivity index (χ4n) is 2.64. The van der Waals surface area contributed by atoms with E-state index >= 15 is 0 Å². The zero-order valence-electron chi connectivity index (χ0n) is 14.7. The summed E-state index contributed by atoms with van der Waals surface area (Å²) in [6.45, 7) is 1.83. The third-order valence-corrected chi connectivity index (χ3v) is 3.84. The number of esters is 1. The van der Waals surface area contributed by atoms with Gasteiger partial charge in [0.1, 0.15) is 17.2 Å². The Bertz CT molecular complexity index is 932. The van der Waals surface area contributed by atoms with Gasteiger partial charge in [-0.05, 0) is 52.7 Å². The quantitative estimate of drug-likeness (QED) is 0.510. The molecule has 3 aromatic rings. The number of rotatable bonds is 5. The summed E-state index contributed by atoms with van der Waals surface area (Å²) in [7, 11) is 1.58. The van der Waals surface area contributed by atoms with E-state index in [9.17, 15) is 13.6 Å².